The number of hydrogen-bond acceptors (Lipinski definition) is 3. The SMILES string of the molecule is Cc1cccc(C)c1-c1cc(Oc2[c-]c(C3(c4ccccn4)c4cc(C(C)(C)C)ccc4-c4ccc(C(C)(C)C)cc43)ccc2)[c-]c(-c2ccccn2)c1.[Pt+2]. The van der Waals surface area contributed by atoms with E-state index in [1.54, 1.807) is 0 Å². The van der Waals surface area contributed by atoms with Crippen LogP contribution < -0.4 is 4.74 Å². The fourth-order valence-corrected chi connectivity index (χ4v) is 8.06. The molecule has 4 heteroatoms. The van der Waals surface area contributed by atoms with Crippen LogP contribution in [0.2, 0.25) is 0 Å². The molecule has 3 nitrogen and oxygen atoms in total. The second kappa shape index (κ2) is 14.5. The molecule has 276 valence electrons. The number of aromatic nitrogens is 2. The number of pyridine rings is 2. The zero-order chi connectivity index (χ0) is 37.8. The Balaban J connectivity index is 0.00000465. The summed E-state index contributed by atoms with van der Waals surface area (Å²) in [7, 11) is 0. The van der Waals surface area contributed by atoms with Crippen molar-refractivity contribution in [3.8, 4) is 45.0 Å². The van der Waals surface area contributed by atoms with E-state index < -0.39 is 5.41 Å². The Hall–Kier alpha value is -5.11. The fourth-order valence-electron chi connectivity index (χ4n) is 8.06. The molecule has 5 aromatic carbocycles. The Morgan fingerprint density at radius 1 is 0.564 bits per heavy atom. The normalized spacial score (nSPS) is 13.1. The minimum atomic E-state index is -0.739. The summed E-state index contributed by atoms with van der Waals surface area (Å²) in [6, 6.07) is 50.5. The van der Waals surface area contributed by atoms with Gasteiger partial charge in [0.15, 0.2) is 0 Å². The molecule has 0 bridgehead atoms. The van der Waals surface area contributed by atoms with E-state index in [9.17, 15) is 0 Å². The molecule has 0 saturated heterocycles. The van der Waals surface area contributed by atoms with E-state index in [-0.39, 0.29) is 31.9 Å². The van der Waals surface area contributed by atoms with E-state index in [1.165, 1.54) is 50.1 Å². The average Bonchev–Trinajstić information content (AvgIpc) is 3.45. The van der Waals surface area contributed by atoms with Crippen LogP contribution in [0, 0.1) is 26.0 Å². The predicted molar refractivity (Wildman–Crippen MR) is 221 cm³/mol. The minimum absolute atomic E-state index is 0. The predicted octanol–water partition coefficient (Wildman–Crippen LogP) is 12.8. The van der Waals surface area contributed by atoms with Gasteiger partial charge in [-0.15, -0.1) is 29.3 Å². The van der Waals surface area contributed by atoms with Crippen LogP contribution in [0.1, 0.15) is 86.2 Å². The Morgan fingerprint density at radius 2 is 1.16 bits per heavy atom. The molecule has 1 aliphatic carbocycles. The van der Waals surface area contributed by atoms with Gasteiger partial charge in [-0.3, -0.25) is 4.98 Å². The Labute approximate surface area is 341 Å². The van der Waals surface area contributed by atoms with Crippen molar-refractivity contribution in [3.05, 3.63) is 190 Å². The van der Waals surface area contributed by atoms with E-state index in [4.69, 9.17) is 9.72 Å². The van der Waals surface area contributed by atoms with Crippen LogP contribution in [0.3, 0.4) is 0 Å². The number of fused-ring (bicyclic) bond motifs is 3. The van der Waals surface area contributed by atoms with Gasteiger partial charge in [0.25, 0.3) is 0 Å². The van der Waals surface area contributed by atoms with E-state index in [0.29, 0.717) is 11.5 Å². The summed E-state index contributed by atoms with van der Waals surface area (Å²) in [5, 5.41) is 0. The number of hydrogen-bond donors (Lipinski definition) is 0. The van der Waals surface area contributed by atoms with Crippen LogP contribution in [0.4, 0.5) is 0 Å². The maximum atomic E-state index is 6.84. The molecule has 1 aliphatic rings. The first kappa shape index (κ1) is 38.2. The first-order chi connectivity index (χ1) is 25.8. The van der Waals surface area contributed by atoms with Crippen molar-refractivity contribution in [2.75, 3.05) is 0 Å². The van der Waals surface area contributed by atoms with Crippen LogP contribution in [0.25, 0.3) is 33.5 Å². The van der Waals surface area contributed by atoms with Gasteiger partial charge in [0.1, 0.15) is 0 Å². The smallest absolute Gasteiger partial charge is 0.503 e. The quantitative estimate of drug-likeness (QED) is 0.156. The molecule has 0 amide bonds. The molecule has 0 aliphatic heterocycles. The van der Waals surface area contributed by atoms with Gasteiger partial charge in [-0.1, -0.05) is 132 Å². The summed E-state index contributed by atoms with van der Waals surface area (Å²) < 4.78 is 6.84. The van der Waals surface area contributed by atoms with Crippen molar-refractivity contribution in [1.29, 1.82) is 0 Å². The maximum absolute atomic E-state index is 6.84. The largest absolute Gasteiger partial charge is 2.00 e. The third-order valence-corrected chi connectivity index (χ3v) is 10.9. The molecule has 0 fully saturated rings. The molecule has 0 saturated carbocycles. The Morgan fingerprint density at radius 3 is 1.73 bits per heavy atom. The molecule has 7 aromatic rings. The minimum Gasteiger partial charge on any atom is -0.503 e. The molecular formula is C51H46N2OPt. The van der Waals surface area contributed by atoms with E-state index in [2.05, 4.69) is 164 Å². The Kier molecular flexibility index (Phi) is 10.1. The fraction of sp³-hybridized carbons (Fsp3) is 0.216. The van der Waals surface area contributed by atoms with Crippen molar-refractivity contribution in [3.63, 3.8) is 0 Å². The molecule has 55 heavy (non-hydrogen) atoms. The number of ether oxygens (including phenoxy) is 1. The van der Waals surface area contributed by atoms with Gasteiger partial charge in [0.2, 0.25) is 0 Å². The monoisotopic (exact) mass is 897 g/mol. The van der Waals surface area contributed by atoms with Gasteiger partial charge in [0, 0.05) is 23.9 Å². The molecule has 0 N–H and O–H groups in total. The average molecular weight is 898 g/mol. The molecule has 0 atom stereocenters. The number of benzene rings is 5. The summed E-state index contributed by atoms with van der Waals surface area (Å²) in [5.74, 6) is 1.21. The number of aryl methyl sites for hydroxylation is 2. The molecule has 0 radical (unpaired) electrons. The van der Waals surface area contributed by atoms with Gasteiger partial charge in [-0.25, -0.2) is 0 Å². The summed E-state index contributed by atoms with van der Waals surface area (Å²) in [5.41, 5.74) is 14.9. The second-order valence-electron chi connectivity index (χ2n) is 16.6. The Bertz CT molecular complexity index is 2430. The molecule has 0 spiro atoms. The molecule has 0 unspecified atom stereocenters. The van der Waals surface area contributed by atoms with E-state index >= 15 is 0 Å². The first-order valence-electron chi connectivity index (χ1n) is 18.8. The molecule has 2 heterocycles. The van der Waals surface area contributed by atoms with Gasteiger partial charge < -0.3 is 9.72 Å². The van der Waals surface area contributed by atoms with Crippen LogP contribution in [-0.4, -0.2) is 9.97 Å². The molecular weight excluding hydrogens is 852 g/mol. The van der Waals surface area contributed by atoms with Gasteiger partial charge >= 0.3 is 21.1 Å². The maximum Gasteiger partial charge on any atom is 2.00 e. The molecule has 2 aromatic heterocycles. The van der Waals surface area contributed by atoms with Crippen molar-refractivity contribution in [2.45, 2.75) is 71.6 Å². The summed E-state index contributed by atoms with van der Waals surface area (Å²) in [4.78, 5) is 9.81. The van der Waals surface area contributed by atoms with Crippen molar-refractivity contribution in [2.24, 2.45) is 0 Å². The van der Waals surface area contributed by atoms with Crippen LogP contribution in [0.5, 0.6) is 11.5 Å². The first-order valence-corrected chi connectivity index (χ1v) is 18.8. The number of rotatable bonds is 6. The third-order valence-electron chi connectivity index (χ3n) is 10.9. The van der Waals surface area contributed by atoms with Crippen molar-refractivity contribution in [1.82, 2.24) is 9.97 Å². The van der Waals surface area contributed by atoms with Gasteiger partial charge in [0.05, 0.1) is 11.1 Å². The zero-order valence-corrected chi connectivity index (χ0v) is 35.1. The summed E-state index contributed by atoms with van der Waals surface area (Å²) in [6.07, 6.45) is 3.72. The molecule has 8 rings (SSSR count). The van der Waals surface area contributed by atoms with Crippen LogP contribution in [0.15, 0.2) is 134 Å². The van der Waals surface area contributed by atoms with E-state index in [1.807, 2.05) is 42.7 Å². The summed E-state index contributed by atoms with van der Waals surface area (Å²) in [6.45, 7) is 18.0. The van der Waals surface area contributed by atoms with Gasteiger partial charge in [-0.05, 0) is 98.6 Å². The second-order valence-corrected chi connectivity index (χ2v) is 16.6. The van der Waals surface area contributed by atoms with Gasteiger partial charge in [-0.2, -0.15) is 12.1 Å². The zero-order valence-electron chi connectivity index (χ0n) is 32.8. The van der Waals surface area contributed by atoms with Crippen molar-refractivity contribution >= 4 is 0 Å². The summed E-state index contributed by atoms with van der Waals surface area (Å²) >= 11 is 0. The standard InChI is InChI=1S/C51H46N2O.Pt/c1-33-15-13-16-34(2)48(33)36-27-35(46-19-9-11-25-52-46)28-41(29-36)54-40-18-14-17-39(30-40)51(47-20-10-12-26-53-47)44-31-37(49(3,4)5)21-23-42(44)43-24-22-38(32-45(43)51)50(6,7)8;/h9-27,29,31-32H,1-8H3;/q-2;+2. The van der Waals surface area contributed by atoms with Crippen molar-refractivity contribution < 1.29 is 25.8 Å². The van der Waals surface area contributed by atoms with Crippen LogP contribution in [-0.2, 0) is 37.3 Å². The van der Waals surface area contributed by atoms with Crippen LogP contribution >= 0.6 is 0 Å². The third kappa shape index (κ3) is 6.89. The van der Waals surface area contributed by atoms with E-state index in [0.717, 1.165) is 28.1 Å². The number of nitrogens with zero attached hydrogens (tertiary/aromatic N) is 2. The topological polar surface area (TPSA) is 35.0 Å².